The summed E-state index contributed by atoms with van der Waals surface area (Å²) in [5.74, 6) is -3.60. The van der Waals surface area contributed by atoms with Crippen molar-refractivity contribution in [3.63, 3.8) is 0 Å². The molecule has 0 fully saturated rings. The maximum Gasteiger partial charge on any atom is 0.376 e. The molecule has 0 amide bonds. The zero-order chi connectivity index (χ0) is 18.1. The van der Waals surface area contributed by atoms with Crippen LogP contribution in [-0.2, 0) is 29.5 Å². The predicted octanol–water partition coefficient (Wildman–Crippen LogP) is 1.09. The molecule has 0 radical (unpaired) electrons. The number of benzene rings is 1. The molecule has 2 bridgehead atoms. The quantitative estimate of drug-likeness (QED) is 0.795. The number of hydrogen-bond donors (Lipinski definition) is 1. The lowest BCUT2D eigenvalue weighted by molar-refractivity contribution is -0.203. The number of carbonyl (C=O) groups is 2. The van der Waals surface area contributed by atoms with Gasteiger partial charge in [-0.25, -0.2) is 14.9 Å². The van der Waals surface area contributed by atoms with Gasteiger partial charge in [-0.2, -0.15) is 0 Å². The molecule has 3 heterocycles. The van der Waals surface area contributed by atoms with Gasteiger partial charge in [-0.1, -0.05) is 30.3 Å². The van der Waals surface area contributed by atoms with Gasteiger partial charge in [0.2, 0.25) is 5.72 Å². The van der Waals surface area contributed by atoms with Gasteiger partial charge in [0.15, 0.2) is 0 Å². The van der Waals surface area contributed by atoms with Crippen molar-refractivity contribution in [3.05, 3.63) is 35.9 Å². The fourth-order valence-electron chi connectivity index (χ4n) is 2.88. The molecule has 10 nitrogen and oxygen atoms in total. The molecule has 0 aliphatic carbocycles. The van der Waals surface area contributed by atoms with E-state index < -0.39 is 29.1 Å². The van der Waals surface area contributed by atoms with Crippen molar-refractivity contribution in [2.45, 2.75) is 24.1 Å². The molecule has 4 rings (SSSR count). The van der Waals surface area contributed by atoms with Crippen molar-refractivity contribution in [2.75, 3.05) is 20.8 Å². The Morgan fingerprint density at radius 3 is 2.12 bits per heavy atom. The first kappa shape index (κ1) is 17.1. The average molecular weight is 347 g/mol. The fraction of sp³-hybridized carbons (Fsp3) is 0.467. The van der Waals surface area contributed by atoms with Crippen molar-refractivity contribution in [1.82, 2.24) is 5.32 Å². The molecular weight excluding hydrogens is 330 g/mol. The van der Waals surface area contributed by atoms with E-state index in [1.54, 1.807) is 37.3 Å². The molecule has 1 aromatic rings. The molecule has 3 aliphatic heterocycles. The van der Waals surface area contributed by atoms with Gasteiger partial charge in [0.05, 0.1) is 14.2 Å². The largest absolute Gasteiger partial charge is 0.466 e. The summed E-state index contributed by atoms with van der Waals surface area (Å²) in [5.41, 5.74) is -3.10. The molecule has 25 heavy (non-hydrogen) atoms. The van der Waals surface area contributed by atoms with Crippen LogP contribution >= 0.6 is 0 Å². The van der Waals surface area contributed by atoms with Gasteiger partial charge in [-0.15, -0.1) is 20.5 Å². The topological polar surface area (TPSA) is 123 Å². The summed E-state index contributed by atoms with van der Waals surface area (Å²) in [6, 6.07) is 8.73. The van der Waals surface area contributed by atoms with Gasteiger partial charge in [0.1, 0.15) is 0 Å². The molecule has 0 unspecified atom stereocenters. The number of methoxy groups -OCH3 is 2. The second kappa shape index (κ2) is 5.97. The van der Waals surface area contributed by atoms with Crippen LogP contribution in [0, 0.1) is 0 Å². The Hall–Kier alpha value is -2.72. The maximum atomic E-state index is 12.6. The predicted molar refractivity (Wildman–Crippen MR) is 82.1 cm³/mol. The van der Waals surface area contributed by atoms with Crippen LogP contribution in [0.15, 0.2) is 50.8 Å². The number of azo groups is 2. The lowest BCUT2D eigenvalue weighted by atomic mass is 9.86. The van der Waals surface area contributed by atoms with Gasteiger partial charge in [-0.3, -0.25) is 0 Å². The second-order valence-electron chi connectivity index (χ2n) is 5.33. The lowest BCUT2D eigenvalue weighted by Gasteiger charge is -2.50. The monoisotopic (exact) mass is 347 g/mol. The highest BCUT2D eigenvalue weighted by molar-refractivity contribution is 5.86. The number of nitrogens with one attached hydrogen (secondary N) is 1. The SMILES string of the molecule is CCO[C@]1(c2ccccc2)NC2(C(=O)OC)N=NC1(C(=O)OC)N=N2. The van der Waals surface area contributed by atoms with Crippen LogP contribution in [0.25, 0.3) is 0 Å². The highest BCUT2D eigenvalue weighted by Crippen LogP contribution is 2.49. The van der Waals surface area contributed by atoms with Crippen molar-refractivity contribution < 1.29 is 23.8 Å². The van der Waals surface area contributed by atoms with Crippen LogP contribution < -0.4 is 5.32 Å². The minimum absolute atomic E-state index is 0.183. The smallest absolute Gasteiger partial charge is 0.376 e. The Morgan fingerprint density at radius 2 is 1.60 bits per heavy atom. The standard InChI is InChI=1S/C15H17N5O5/c1-4-25-14(10-8-6-5-7-9-10)13(11(21)23-2)17-19-15(16-14,20-18-13)12(22)24-3/h5-9,16H,4H2,1-3H3/t13?,14-,15?/m0/s1. The molecule has 0 spiro atoms. The van der Waals surface area contributed by atoms with Crippen molar-refractivity contribution in [1.29, 1.82) is 0 Å². The zero-order valence-electron chi connectivity index (χ0n) is 13.9. The summed E-state index contributed by atoms with van der Waals surface area (Å²) in [4.78, 5) is 24.8. The molecule has 0 aromatic heterocycles. The van der Waals surface area contributed by atoms with Gasteiger partial charge in [0, 0.05) is 12.2 Å². The van der Waals surface area contributed by atoms with Crippen LogP contribution in [0.5, 0.6) is 0 Å². The Morgan fingerprint density at radius 1 is 1.00 bits per heavy atom. The highest BCUT2D eigenvalue weighted by Gasteiger charge is 2.72. The molecule has 1 aromatic carbocycles. The first-order chi connectivity index (χ1) is 12.0. The number of esters is 2. The summed E-state index contributed by atoms with van der Waals surface area (Å²) in [6.45, 7) is 1.92. The van der Waals surface area contributed by atoms with Crippen LogP contribution in [0.3, 0.4) is 0 Å². The summed E-state index contributed by atoms with van der Waals surface area (Å²) >= 11 is 0. The van der Waals surface area contributed by atoms with E-state index in [4.69, 9.17) is 14.2 Å². The number of rotatable bonds is 5. The average Bonchev–Trinajstić information content (AvgIpc) is 2.68. The highest BCUT2D eigenvalue weighted by atomic mass is 16.6. The van der Waals surface area contributed by atoms with Gasteiger partial charge < -0.3 is 14.2 Å². The molecular formula is C15H17N5O5. The van der Waals surface area contributed by atoms with Crippen LogP contribution in [-0.4, -0.2) is 44.2 Å². The van der Waals surface area contributed by atoms with E-state index in [1.807, 2.05) is 0 Å². The van der Waals surface area contributed by atoms with Crippen molar-refractivity contribution >= 4 is 11.9 Å². The van der Waals surface area contributed by atoms with Crippen LogP contribution in [0.2, 0.25) is 0 Å². The molecule has 132 valence electrons. The number of hydrogen-bond acceptors (Lipinski definition) is 10. The Labute approximate surface area is 143 Å². The summed E-state index contributed by atoms with van der Waals surface area (Å²) in [6.07, 6.45) is 0. The maximum absolute atomic E-state index is 12.6. The van der Waals surface area contributed by atoms with Gasteiger partial charge >= 0.3 is 23.4 Å². The summed E-state index contributed by atoms with van der Waals surface area (Å²) < 4.78 is 15.5. The molecule has 1 N–H and O–H groups in total. The fourth-order valence-corrected chi connectivity index (χ4v) is 2.88. The van der Waals surface area contributed by atoms with E-state index in [0.717, 1.165) is 0 Å². The van der Waals surface area contributed by atoms with E-state index in [1.165, 1.54) is 14.2 Å². The molecule has 10 heteroatoms. The minimum Gasteiger partial charge on any atom is -0.466 e. The number of carbonyl (C=O) groups excluding carboxylic acids is 2. The Kier molecular flexibility index (Phi) is 4.09. The third kappa shape index (κ3) is 2.18. The number of nitrogens with zero attached hydrogens (tertiary/aromatic N) is 4. The first-order valence-corrected chi connectivity index (χ1v) is 7.54. The third-order valence-electron chi connectivity index (χ3n) is 4.00. The normalized spacial score (nSPS) is 32.4. The third-order valence-corrected chi connectivity index (χ3v) is 4.00. The van der Waals surface area contributed by atoms with E-state index in [-0.39, 0.29) is 6.61 Å². The molecule has 1 atom stereocenters. The lowest BCUT2D eigenvalue weighted by Crippen LogP contribution is -2.75. The first-order valence-electron chi connectivity index (χ1n) is 7.54. The van der Waals surface area contributed by atoms with Crippen LogP contribution in [0.4, 0.5) is 0 Å². The zero-order valence-corrected chi connectivity index (χ0v) is 13.9. The van der Waals surface area contributed by atoms with Gasteiger partial charge in [0.25, 0.3) is 0 Å². The minimum atomic E-state index is -1.96. The number of ether oxygens (including phenoxy) is 3. The Balaban J connectivity index is 2.27. The van der Waals surface area contributed by atoms with Crippen LogP contribution in [0.1, 0.15) is 12.5 Å². The molecule has 3 aliphatic rings. The van der Waals surface area contributed by atoms with E-state index in [2.05, 4.69) is 25.8 Å². The Bertz CT molecular complexity index is 736. The van der Waals surface area contributed by atoms with E-state index >= 15 is 0 Å². The van der Waals surface area contributed by atoms with E-state index in [0.29, 0.717) is 5.56 Å². The summed E-state index contributed by atoms with van der Waals surface area (Å²) in [7, 11) is 2.38. The molecule has 0 saturated carbocycles. The van der Waals surface area contributed by atoms with Crippen molar-refractivity contribution in [3.8, 4) is 0 Å². The second-order valence-corrected chi connectivity index (χ2v) is 5.33. The summed E-state index contributed by atoms with van der Waals surface area (Å²) in [5, 5.41) is 18.6. The number of fused-ring (bicyclic) bond motifs is 1. The van der Waals surface area contributed by atoms with Crippen molar-refractivity contribution in [2.24, 2.45) is 20.5 Å². The van der Waals surface area contributed by atoms with Gasteiger partial charge in [-0.05, 0) is 6.92 Å². The van der Waals surface area contributed by atoms with E-state index in [9.17, 15) is 9.59 Å². The molecule has 0 saturated heterocycles.